The van der Waals surface area contributed by atoms with Gasteiger partial charge in [0.15, 0.2) is 0 Å². The molecule has 4 aromatic rings. The number of hydrogen-bond acceptors (Lipinski definition) is 8. The summed E-state index contributed by atoms with van der Waals surface area (Å²) in [4.78, 5) is 0. The molecular formula is C24H23FN4O4. The van der Waals surface area contributed by atoms with E-state index in [2.05, 4.69) is 20.7 Å². The quantitative estimate of drug-likeness (QED) is 0.415. The van der Waals surface area contributed by atoms with Gasteiger partial charge >= 0.3 is 0 Å². The molecule has 1 unspecified atom stereocenters. The number of hydrogen-bond donors (Lipinski definition) is 1. The van der Waals surface area contributed by atoms with Crippen molar-refractivity contribution in [1.29, 1.82) is 0 Å². The van der Waals surface area contributed by atoms with Crippen LogP contribution in [-0.2, 0) is 4.74 Å². The monoisotopic (exact) mass is 450 g/mol. The number of nitrogens with one attached hydrogen (secondary N) is 1. The molecule has 1 N–H and O–H groups in total. The highest BCUT2D eigenvalue weighted by Gasteiger charge is 2.24. The van der Waals surface area contributed by atoms with Gasteiger partial charge in [-0.25, -0.2) is 4.39 Å². The van der Waals surface area contributed by atoms with Crippen LogP contribution in [0.2, 0.25) is 0 Å². The highest BCUT2D eigenvalue weighted by Crippen LogP contribution is 2.38. The molecule has 0 amide bonds. The van der Waals surface area contributed by atoms with Crippen molar-refractivity contribution in [1.82, 2.24) is 15.4 Å². The van der Waals surface area contributed by atoms with E-state index in [1.807, 2.05) is 30.3 Å². The number of aromatic nitrogens is 3. The number of nitrogens with zero attached hydrogens (tertiary/aromatic N) is 3. The Bertz CT molecular complexity index is 1250. The molecule has 8 nitrogen and oxygen atoms in total. The Balaban J connectivity index is 1.46. The smallest absolute Gasteiger partial charge is 0.254 e. The summed E-state index contributed by atoms with van der Waals surface area (Å²) in [6.45, 7) is 3.04. The van der Waals surface area contributed by atoms with E-state index < -0.39 is 5.82 Å². The number of halogens is 1. The Labute approximate surface area is 189 Å². The maximum atomic E-state index is 14.9. The number of anilines is 1. The molecule has 1 fully saturated rings. The topological polar surface area (TPSA) is 95.4 Å². The third kappa shape index (κ3) is 4.19. The second-order valence-electron chi connectivity index (χ2n) is 7.79. The third-order valence-corrected chi connectivity index (χ3v) is 5.61. The predicted octanol–water partition coefficient (Wildman–Crippen LogP) is 5.11. The fourth-order valence-corrected chi connectivity index (χ4v) is 3.90. The lowest BCUT2D eigenvalue weighted by Crippen LogP contribution is -2.19. The molecule has 1 atom stereocenters. The molecule has 1 saturated heterocycles. The van der Waals surface area contributed by atoms with E-state index >= 15 is 0 Å². The van der Waals surface area contributed by atoms with Crippen LogP contribution in [0, 0.1) is 12.7 Å². The van der Waals surface area contributed by atoms with Crippen molar-refractivity contribution in [3.05, 3.63) is 54.0 Å². The molecular weight excluding hydrogens is 427 g/mol. The molecule has 0 radical (unpaired) electrons. The highest BCUT2D eigenvalue weighted by atomic mass is 19.1. The van der Waals surface area contributed by atoms with Gasteiger partial charge in [0, 0.05) is 24.8 Å². The zero-order valence-corrected chi connectivity index (χ0v) is 18.3. The number of ether oxygens (including phenoxy) is 2. The molecule has 0 bridgehead atoms. The summed E-state index contributed by atoms with van der Waals surface area (Å²) in [5, 5.41) is 15.6. The SMILES string of the molecule is COc1cc(NCC2CCCO2)c(F)cc1-c1nnc(-c2c(-c3ccccc3)noc2C)o1. The summed E-state index contributed by atoms with van der Waals surface area (Å²) in [5.74, 6) is 0.856. The minimum atomic E-state index is -0.449. The summed E-state index contributed by atoms with van der Waals surface area (Å²) < 4.78 is 37.3. The predicted molar refractivity (Wildman–Crippen MR) is 119 cm³/mol. The number of aryl methyl sites for hydroxylation is 1. The summed E-state index contributed by atoms with van der Waals surface area (Å²) in [6, 6.07) is 12.5. The average molecular weight is 450 g/mol. The number of benzene rings is 2. The maximum Gasteiger partial charge on any atom is 0.254 e. The van der Waals surface area contributed by atoms with E-state index in [4.69, 9.17) is 18.4 Å². The fraction of sp³-hybridized carbons (Fsp3) is 0.292. The molecule has 2 aromatic carbocycles. The molecule has 1 aliphatic rings. The molecule has 170 valence electrons. The van der Waals surface area contributed by atoms with Gasteiger partial charge in [-0.1, -0.05) is 35.5 Å². The molecule has 9 heteroatoms. The fourth-order valence-electron chi connectivity index (χ4n) is 3.90. The van der Waals surface area contributed by atoms with Gasteiger partial charge in [-0.2, -0.15) is 0 Å². The van der Waals surface area contributed by atoms with Crippen molar-refractivity contribution in [3.63, 3.8) is 0 Å². The Hall–Kier alpha value is -3.72. The largest absolute Gasteiger partial charge is 0.496 e. The lowest BCUT2D eigenvalue weighted by Gasteiger charge is -2.14. The normalized spacial score (nSPS) is 15.7. The van der Waals surface area contributed by atoms with E-state index in [0.717, 1.165) is 25.0 Å². The van der Waals surface area contributed by atoms with Crippen LogP contribution in [0.1, 0.15) is 18.6 Å². The summed E-state index contributed by atoms with van der Waals surface area (Å²) in [6.07, 6.45) is 2.06. The lowest BCUT2D eigenvalue weighted by atomic mass is 10.1. The average Bonchev–Trinajstić information content (AvgIpc) is 3.60. The minimum absolute atomic E-state index is 0.0826. The first-order valence-corrected chi connectivity index (χ1v) is 10.7. The van der Waals surface area contributed by atoms with Crippen LogP contribution >= 0.6 is 0 Å². The standard InChI is InChI=1S/C24H23FN4O4/c1-14-21(22(29-33-14)15-7-4-3-5-8-15)24-28-27-23(32-24)17-11-18(25)19(12-20(17)30-2)26-13-16-9-6-10-31-16/h3-5,7-8,11-12,16,26H,6,9-10,13H2,1-2H3. The van der Waals surface area contributed by atoms with E-state index in [1.165, 1.54) is 13.2 Å². The molecule has 0 spiro atoms. The Kier molecular flexibility index (Phi) is 5.78. The van der Waals surface area contributed by atoms with Gasteiger partial charge in [0.25, 0.3) is 11.8 Å². The van der Waals surface area contributed by atoms with Crippen molar-refractivity contribution in [2.24, 2.45) is 0 Å². The Morgan fingerprint density at radius 3 is 2.73 bits per heavy atom. The zero-order chi connectivity index (χ0) is 22.8. The first-order chi connectivity index (χ1) is 16.1. The van der Waals surface area contributed by atoms with Crippen LogP contribution in [0.25, 0.3) is 34.2 Å². The van der Waals surface area contributed by atoms with Gasteiger partial charge in [0.1, 0.15) is 28.6 Å². The molecule has 33 heavy (non-hydrogen) atoms. The molecule has 5 rings (SSSR count). The molecule has 1 aliphatic heterocycles. The first kappa shape index (κ1) is 21.1. The van der Waals surface area contributed by atoms with Crippen molar-refractivity contribution in [3.8, 4) is 39.9 Å². The summed E-state index contributed by atoms with van der Waals surface area (Å²) >= 11 is 0. The second kappa shape index (κ2) is 9.03. The van der Waals surface area contributed by atoms with Crippen LogP contribution in [0.3, 0.4) is 0 Å². The van der Waals surface area contributed by atoms with Crippen molar-refractivity contribution in [2.45, 2.75) is 25.9 Å². The van der Waals surface area contributed by atoms with Crippen molar-refractivity contribution >= 4 is 5.69 Å². The summed E-state index contributed by atoms with van der Waals surface area (Å²) in [5.41, 5.74) is 2.72. The van der Waals surface area contributed by atoms with E-state index in [0.29, 0.717) is 40.6 Å². The van der Waals surface area contributed by atoms with Gasteiger partial charge in [0.2, 0.25) is 0 Å². The third-order valence-electron chi connectivity index (χ3n) is 5.61. The number of rotatable bonds is 7. The zero-order valence-electron chi connectivity index (χ0n) is 18.3. The molecule has 3 heterocycles. The Morgan fingerprint density at radius 1 is 1.15 bits per heavy atom. The molecule has 0 saturated carbocycles. The second-order valence-corrected chi connectivity index (χ2v) is 7.79. The van der Waals surface area contributed by atoms with E-state index in [1.54, 1.807) is 13.0 Å². The summed E-state index contributed by atoms with van der Waals surface area (Å²) in [7, 11) is 1.51. The first-order valence-electron chi connectivity index (χ1n) is 10.7. The van der Waals surface area contributed by atoms with Crippen LogP contribution in [0.5, 0.6) is 5.75 Å². The number of methoxy groups -OCH3 is 1. The Morgan fingerprint density at radius 2 is 1.97 bits per heavy atom. The maximum absolute atomic E-state index is 14.9. The van der Waals surface area contributed by atoms with Gasteiger partial charge in [-0.05, 0) is 25.8 Å². The van der Waals surface area contributed by atoms with Gasteiger partial charge in [0.05, 0.1) is 24.5 Å². The van der Waals surface area contributed by atoms with Crippen molar-refractivity contribution in [2.75, 3.05) is 25.6 Å². The van der Waals surface area contributed by atoms with Crippen LogP contribution in [-0.4, -0.2) is 41.7 Å². The van der Waals surface area contributed by atoms with Gasteiger partial charge in [-0.15, -0.1) is 10.2 Å². The van der Waals surface area contributed by atoms with Gasteiger partial charge in [-0.3, -0.25) is 0 Å². The van der Waals surface area contributed by atoms with Gasteiger partial charge < -0.3 is 23.7 Å². The highest BCUT2D eigenvalue weighted by molar-refractivity contribution is 5.78. The van der Waals surface area contributed by atoms with Crippen LogP contribution in [0.15, 0.2) is 51.4 Å². The van der Waals surface area contributed by atoms with Crippen molar-refractivity contribution < 1.29 is 22.8 Å². The lowest BCUT2D eigenvalue weighted by molar-refractivity contribution is 0.120. The molecule has 2 aromatic heterocycles. The molecule has 0 aliphatic carbocycles. The van der Waals surface area contributed by atoms with Crippen LogP contribution in [0.4, 0.5) is 10.1 Å². The van der Waals surface area contributed by atoms with Crippen LogP contribution < -0.4 is 10.1 Å². The van der Waals surface area contributed by atoms with E-state index in [9.17, 15) is 4.39 Å². The van der Waals surface area contributed by atoms with E-state index in [-0.39, 0.29) is 17.9 Å². The minimum Gasteiger partial charge on any atom is -0.496 e.